The van der Waals surface area contributed by atoms with E-state index in [2.05, 4.69) is 43.5 Å². The third kappa shape index (κ3) is 61.6. The Morgan fingerprint density at radius 3 is 0.961 bits per heavy atom. The number of aliphatic hydroxyl groups excluding tert-OH is 2. The van der Waals surface area contributed by atoms with Crippen molar-refractivity contribution < 1.29 is 24.5 Å². The van der Waals surface area contributed by atoms with Gasteiger partial charge in [-0.3, -0.25) is 9.59 Å². The Kier molecular flexibility index (Phi) is 64.4. The van der Waals surface area contributed by atoms with Crippen molar-refractivity contribution in [2.24, 2.45) is 0 Å². The zero-order valence-electron chi connectivity index (χ0n) is 51.5. The monoisotopic (exact) mass is 1070 g/mol. The van der Waals surface area contributed by atoms with Crippen LogP contribution in [-0.2, 0) is 14.3 Å². The largest absolute Gasteiger partial charge is 0.466 e. The van der Waals surface area contributed by atoms with Gasteiger partial charge in [-0.05, 0) is 77.0 Å². The van der Waals surface area contributed by atoms with Crippen LogP contribution in [0.2, 0.25) is 0 Å². The van der Waals surface area contributed by atoms with E-state index in [1.54, 1.807) is 0 Å². The van der Waals surface area contributed by atoms with Gasteiger partial charge in [0.1, 0.15) is 0 Å². The van der Waals surface area contributed by atoms with E-state index in [0.717, 1.165) is 44.9 Å². The lowest BCUT2D eigenvalue weighted by Gasteiger charge is -2.22. The summed E-state index contributed by atoms with van der Waals surface area (Å²) in [5.41, 5.74) is 0. The standard InChI is InChI=1S/C70H135NO5/c1-3-5-7-9-11-13-15-17-18-36-39-42-46-50-54-58-62-68(73)67(66-72)71-69(74)63-59-55-51-47-43-40-37-34-32-30-28-26-24-22-20-19-21-23-25-27-29-31-33-35-38-41-45-49-53-57-61-65-76-70(75)64-60-56-52-48-44-16-14-12-10-8-6-4-2/h12,14,21,23,67-68,72-73H,3-11,13,15-20,22,24-66H2,1-2H3,(H,71,74)/b14-12-,23-21-. The van der Waals surface area contributed by atoms with Crippen molar-refractivity contribution in [1.82, 2.24) is 5.32 Å². The fourth-order valence-corrected chi connectivity index (χ4v) is 10.9. The van der Waals surface area contributed by atoms with Gasteiger partial charge in [-0.15, -0.1) is 0 Å². The first-order chi connectivity index (χ1) is 37.5. The van der Waals surface area contributed by atoms with Gasteiger partial charge in [0.25, 0.3) is 0 Å². The van der Waals surface area contributed by atoms with Crippen LogP contribution < -0.4 is 5.32 Å². The van der Waals surface area contributed by atoms with Crippen LogP contribution in [0.1, 0.15) is 386 Å². The minimum absolute atomic E-state index is 0.00800. The molecule has 0 heterocycles. The molecule has 0 bridgehead atoms. The van der Waals surface area contributed by atoms with Gasteiger partial charge in [-0.25, -0.2) is 0 Å². The van der Waals surface area contributed by atoms with E-state index in [4.69, 9.17) is 4.74 Å². The van der Waals surface area contributed by atoms with Gasteiger partial charge in [0.15, 0.2) is 0 Å². The minimum atomic E-state index is -0.662. The average Bonchev–Trinajstić information content (AvgIpc) is 3.42. The molecular formula is C70H135NO5. The minimum Gasteiger partial charge on any atom is -0.466 e. The Bertz CT molecular complexity index is 1190. The smallest absolute Gasteiger partial charge is 0.305 e. The molecule has 450 valence electrons. The van der Waals surface area contributed by atoms with Gasteiger partial charge in [0, 0.05) is 12.8 Å². The topological polar surface area (TPSA) is 95.9 Å². The van der Waals surface area contributed by atoms with Crippen molar-refractivity contribution >= 4 is 11.9 Å². The molecule has 0 rings (SSSR count). The molecule has 3 N–H and O–H groups in total. The molecule has 0 aromatic carbocycles. The maximum atomic E-state index is 12.5. The number of ether oxygens (including phenoxy) is 1. The number of hydrogen-bond donors (Lipinski definition) is 3. The van der Waals surface area contributed by atoms with Crippen LogP contribution in [0, 0.1) is 0 Å². The summed E-state index contributed by atoms with van der Waals surface area (Å²) in [6, 6.07) is -0.539. The van der Waals surface area contributed by atoms with E-state index < -0.39 is 12.1 Å². The normalized spacial score (nSPS) is 12.6. The second kappa shape index (κ2) is 65.9. The van der Waals surface area contributed by atoms with Crippen LogP contribution in [-0.4, -0.2) is 47.4 Å². The lowest BCUT2D eigenvalue weighted by molar-refractivity contribution is -0.143. The molecule has 0 saturated carbocycles. The molecule has 1 amide bonds. The Balaban J connectivity index is 3.36. The molecule has 0 radical (unpaired) electrons. The summed E-state index contributed by atoms with van der Waals surface area (Å²) in [5.74, 6) is -0.0217. The van der Waals surface area contributed by atoms with Crippen LogP contribution in [0.25, 0.3) is 0 Å². The lowest BCUT2D eigenvalue weighted by Crippen LogP contribution is -2.45. The predicted molar refractivity (Wildman–Crippen MR) is 333 cm³/mol. The molecule has 6 heteroatoms. The van der Waals surface area contributed by atoms with Crippen molar-refractivity contribution in [3.63, 3.8) is 0 Å². The zero-order chi connectivity index (χ0) is 55.0. The Hall–Kier alpha value is -1.66. The fourth-order valence-electron chi connectivity index (χ4n) is 10.9. The fraction of sp³-hybridized carbons (Fsp3) is 0.914. The highest BCUT2D eigenvalue weighted by atomic mass is 16.5. The summed E-state index contributed by atoms with van der Waals surface area (Å²) in [7, 11) is 0. The van der Waals surface area contributed by atoms with Crippen LogP contribution in [0.4, 0.5) is 0 Å². The van der Waals surface area contributed by atoms with Crippen molar-refractivity contribution in [2.45, 2.75) is 398 Å². The average molecular weight is 1070 g/mol. The van der Waals surface area contributed by atoms with Crippen LogP contribution in [0.15, 0.2) is 24.3 Å². The molecule has 0 aromatic heterocycles. The Morgan fingerprint density at radius 1 is 0.355 bits per heavy atom. The second-order valence-corrected chi connectivity index (χ2v) is 23.9. The summed E-state index contributed by atoms with van der Waals surface area (Å²) in [5, 5.41) is 23.3. The number of carbonyl (C=O) groups is 2. The van der Waals surface area contributed by atoms with Gasteiger partial charge in [-0.2, -0.15) is 0 Å². The van der Waals surface area contributed by atoms with E-state index in [9.17, 15) is 19.8 Å². The number of amides is 1. The molecule has 2 unspecified atom stereocenters. The van der Waals surface area contributed by atoms with Crippen molar-refractivity contribution in [3.8, 4) is 0 Å². The van der Waals surface area contributed by atoms with E-state index in [-0.39, 0.29) is 18.5 Å². The molecule has 6 nitrogen and oxygen atoms in total. The summed E-state index contributed by atoms with van der Waals surface area (Å²) in [6.45, 7) is 4.96. The first-order valence-corrected chi connectivity index (χ1v) is 34.6. The summed E-state index contributed by atoms with van der Waals surface area (Å²) in [6.07, 6.45) is 82.3. The van der Waals surface area contributed by atoms with Crippen molar-refractivity contribution in [3.05, 3.63) is 24.3 Å². The van der Waals surface area contributed by atoms with E-state index >= 15 is 0 Å². The number of esters is 1. The number of carbonyl (C=O) groups excluding carboxylic acids is 2. The number of allylic oxidation sites excluding steroid dienone is 4. The number of rotatable bonds is 65. The van der Waals surface area contributed by atoms with Gasteiger partial charge >= 0.3 is 5.97 Å². The summed E-state index contributed by atoms with van der Waals surface area (Å²) >= 11 is 0. The highest BCUT2D eigenvalue weighted by Crippen LogP contribution is 2.19. The number of nitrogens with one attached hydrogen (secondary N) is 1. The Labute approximate surface area is 475 Å². The molecule has 76 heavy (non-hydrogen) atoms. The molecule has 0 aromatic rings. The van der Waals surface area contributed by atoms with Gasteiger partial charge in [-0.1, -0.05) is 321 Å². The van der Waals surface area contributed by atoms with E-state index in [1.807, 2.05) is 0 Å². The maximum Gasteiger partial charge on any atom is 0.305 e. The Morgan fingerprint density at radius 2 is 0.618 bits per heavy atom. The molecule has 0 aliphatic carbocycles. The van der Waals surface area contributed by atoms with Crippen LogP contribution in [0.5, 0.6) is 0 Å². The third-order valence-electron chi connectivity index (χ3n) is 16.2. The molecule has 0 saturated heterocycles. The summed E-state index contributed by atoms with van der Waals surface area (Å²) in [4.78, 5) is 24.5. The molecule has 0 aliphatic heterocycles. The van der Waals surface area contributed by atoms with Gasteiger partial charge in [0.2, 0.25) is 5.91 Å². The first-order valence-electron chi connectivity index (χ1n) is 34.6. The molecule has 2 atom stereocenters. The highest BCUT2D eigenvalue weighted by Gasteiger charge is 2.20. The first kappa shape index (κ1) is 74.3. The number of hydrogen-bond acceptors (Lipinski definition) is 5. The van der Waals surface area contributed by atoms with Gasteiger partial charge in [0.05, 0.1) is 25.4 Å². The van der Waals surface area contributed by atoms with Crippen molar-refractivity contribution in [1.29, 1.82) is 0 Å². The summed E-state index contributed by atoms with van der Waals surface area (Å²) < 4.78 is 5.47. The molecule has 0 fully saturated rings. The van der Waals surface area contributed by atoms with E-state index in [1.165, 1.54) is 308 Å². The SMILES string of the molecule is CCCCC/C=C\CCCCCCCC(=O)OCCCCCCCCCCCCCC/C=C\CCCCCCCCCCCCCCCCCC(=O)NC(CO)C(O)CCCCCCCCCCCCCCCCCC. The molecular weight excluding hydrogens is 935 g/mol. The molecule has 0 aliphatic rings. The number of aliphatic hydroxyl groups is 2. The highest BCUT2D eigenvalue weighted by molar-refractivity contribution is 5.76. The third-order valence-corrected chi connectivity index (χ3v) is 16.2. The van der Waals surface area contributed by atoms with Crippen LogP contribution >= 0.6 is 0 Å². The molecule has 0 spiro atoms. The number of unbranched alkanes of at least 4 members (excludes halogenated alkanes) is 50. The predicted octanol–water partition coefficient (Wildman–Crippen LogP) is 22.1. The van der Waals surface area contributed by atoms with Gasteiger partial charge < -0.3 is 20.3 Å². The maximum absolute atomic E-state index is 12.5. The van der Waals surface area contributed by atoms with Crippen molar-refractivity contribution in [2.75, 3.05) is 13.2 Å². The zero-order valence-corrected chi connectivity index (χ0v) is 51.5. The quantitative estimate of drug-likeness (QED) is 0.0320. The lowest BCUT2D eigenvalue weighted by atomic mass is 10.0. The van der Waals surface area contributed by atoms with Crippen LogP contribution in [0.3, 0.4) is 0 Å². The van der Waals surface area contributed by atoms with E-state index in [0.29, 0.717) is 25.9 Å². The second-order valence-electron chi connectivity index (χ2n) is 23.9.